The van der Waals surface area contributed by atoms with E-state index >= 15 is 0 Å². The number of hydrogen-bond donors (Lipinski definition) is 1. The number of nitrogens with zero attached hydrogens (tertiary/aromatic N) is 1. The second kappa shape index (κ2) is 6.50. The molecule has 1 unspecified atom stereocenters. The number of fused-ring (bicyclic) bond motifs is 1. The molecule has 0 spiro atoms. The van der Waals surface area contributed by atoms with Crippen molar-refractivity contribution in [1.29, 1.82) is 0 Å². The summed E-state index contributed by atoms with van der Waals surface area (Å²) < 4.78 is 0. The number of nitrogens with one attached hydrogen (secondary N) is 1. The fourth-order valence-corrected chi connectivity index (χ4v) is 4.04. The summed E-state index contributed by atoms with van der Waals surface area (Å²) in [5.41, 5.74) is 3.66. The SMILES string of the molecule is Cc1ccc(C)c(NC2SC(=O)N(c3cccc4ccccc34)C2=O)c1. The van der Waals surface area contributed by atoms with E-state index in [0.717, 1.165) is 39.3 Å². The zero-order valence-electron chi connectivity index (χ0n) is 14.5. The van der Waals surface area contributed by atoms with Crippen LogP contribution in [0, 0.1) is 13.8 Å². The van der Waals surface area contributed by atoms with Gasteiger partial charge in [0.1, 0.15) is 0 Å². The number of carbonyl (C=O) groups is 2. The Hall–Kier alpha value is -2.79. The van der Waals surface area contributed by atoms with Crippen LogP contribution in [0.25, 0.3) is 10.8 Å². The van der Waals surface area contributed by atoms with Crippen molar-refractivity contribution in [3.63, 3.8) is 0 Å². The molecule has 1 heterocycles. The van der Waals surface area contributed by atoms with Gasteiger partial charge in [-0.1, -0.05) is 48.5 Å². The molecule has 130 valence electrons. The van der Waals surface area contributed by atoms with Crippen molar-refractivity contribution >= 4 is 45.1 Å². The highest BCUT2D eigenvalue weighted by Gasteiger charge is 2.41. The maximum atomic E-state index is 13.0. The first-order chi connectivity index (χ1) is 12.5. The molecule has 1 N–H and O–H groups in total. The van der Waals surface area contributed by atoms with E-state index in [1.165, 1.54) is 4.90 Å². The van der Waals surface area contributed by atoms with Crippen LogP contribution < -0.4 is 10.2 Å². The smallest absolute Gasteiger partial charge is 0.295 e. The topological polar surface area (TPSA) is 49.4 Å². The van der Waals surface area contributed by atoms with Crippen LogP contribution in [0.15, 0.2) is 60.7 Å². The summed E-state index contributed by atoms with van der Waals surface area (Å²) in [6.45, 7) is 3.98. The van der Waals surface area contributed by atoms with Gasteiger partial charge in [-0.15, -0.1) is 0 Å². The Kier molecular flexibility index (Phi) is 4.17. The lowest BCUT2D eigenvalue weighted by Gasteiger charge is -2.17. The van der Waals surface area contributed by atoms with Gasteiger partial charge in [-0.3, -0.25) is 9.59 Å². The van der Waals surface area contributed by atoms with E-state index in [1.54, 1.807) is 0 Å². The van der Waals surface area contributed by atoms with Gasteiger partial charge < -0.3 is 5.32 Å². The van der Waals surface area contributed by atoms with E-state index in [-0.39, 0.29) is 11.1 Å². The largest absolute Gasteiger partial charge is 0.365 e. The Labute approximate surface area is 156 Å². The van der Waals surface area contributed by atoms with Gasteiger partial charge in [0.05, 0.1) is 5.69 Å². The predicted octanol–water partition coefficient (Wildman–Crippen LogP) is 5.09. The molecule has 1 aliphatic heterocycles. The molecule has 1 aliphatic rings. The molecule has 1 fully saturated rings. The maximum Gasteiger partial charge on any atom is 0.295 e. The molecule has 1 atom stereocenters. The van der Waals surface area contributed by atoms with E-state index in [4.69, 9.17) is 0 Å². The van der Waals surface area contributed by atoms with Gasteiger partial charge >= 0.3 is 0 Å². The summed E-state index contributed by atoms with van der Waals surface area (Å²) in [4.78, 5) is 26.9. The van der Waals surface area contributed by atoms with Crippen LogP contribution in [0.2, 0.25) is 0 Å². The van der Waals surface area contributed by atoms with Crippen molar-refractivity contribution in [1.82, 2.24) is 0 Å². The number of carbonyl (C=O) groups excluding carboxylic acids is 2. The van der Waals surface area contributed by atoms with Gasteiger partial charge in [0, 0.05) is 11.1 Å². The predicted molar refractivity (Wildman–Crippen MR) is 108 cm³/mol. The van der Waals surface area contributed by atoms with Crippen LogP contribution in [0.4, 0.5) is 16.2 Å². The van der Waals surface area contributed by atoms with Crippen molar-refractivity contribution in [3.8, 4) is 0 Å². The van der Waals surface area contributed by atoms with E-state index in [0.29, 0.717) is 5.69 Å². The summed E-state index contributed by atoms with van der Waals surface area (Å²) in [7, 11) is 0. The Morgan fingerprint density at radius 1 is 0.962 bits per heavy atom. The number of anilines is 2. The molecule has 0 aromatic heterocycles. The van der Waals surface area contributed by atoms with Crippen LogP contribution in [-0.2, 0) is 4.79 Å². The minimum absolute atomic E-state index is 0.239. The summed E-state index contributed by atoms with van der Waals surface area (Å²) in [6.07, 6.45) is 0. The third kappa shape index (κ3) is 2.84. The number of thioether (sulfide) groups is 1. The molecule has 4 rings (SSSR count). The minimum atomic E-state index is -0.623. The number of benzene rings is 3. The quantitative estimate of drug-likeness (QED) is 0.705. The molecule has 0 aliphatic carbocycles. The molecule has 3 aromatic carbocycles. The molecule has 0 radical (unpaired) electrons. The van der Waals surface area contributed by atoms with E-state index in [9.17, 15) is 9.59 Å². The lowest BCUT2D eigenvalue weighted by Crippen LogP contribution is -2.34. The number of hydrogen-bond acceptors (Lipinski definition) is 4. The average Bonchev–Trinajstić information content (AvgIpc) is 2.91. The van der Waals surface area contributed by atoms with Gasteiger partial charge in [-0.25, -0.2) is 4.90 Å². The average molecular weight is 362 g/mol. The lowest BCUT2D eigenvalue weighted by molar-refractivity contribution is -0.116. The first-order valence-corrected chi connectivity index (χ1v) is 9.29. The Morgan fingerprint density at radius 2 is 1.73 bits per heavy atom. The summed E-state index contributed by atoms with van der Waals surface area (Å²) in [5, 5.41) is 4.24. The first kappa shape index (κ1) is 16.7. The molecule has 0 saturated carbocycles. The zero-order valence-corrected chi connectivity index (χ0v) is 15.3. The van der Waals surface area contributed by atoms with Crippen LogP contribution in [0.5, 0.6) is 0 Å². The summed E-state index contributed by atoms with van der Waals surface area (Å²) in [6, 6.07) is 19.5. The number of amides is 2. The molecule has 1 saturated heterocycles. The molecular formula is C21H18N2O2S. The third-order valence-corrected chi connectivity index (χ3v) is 5.47. The Bertz CT molecular complexity index is 1030. The van der Waals surface area contributed by atoms with Crippen molar-refractivity contribution in [3.05, 3.63) is 71.8 Å². The van der Waals surface area contributed by atoms with Gasteiger partial charge in [-0.2, -0.15) is 0 Å². The Morgan fingerprint density at radius 3 is 2.58 bits per heavy atom. The lowest BCUT2D eigenvalue weighted by atomic mass is 10.1. The second-order valence-electron chi connectivity index (χ2n) is 6.40. The highest BCUT2D eigenvalue weighted by atomic mass is 32.2. The molecule has 2 amide bonds. The highest BCUT2D eigenvalue weighted by Crippen LogP contribution is 2.36. The molecule has 3 aromatic rings. The normalized spacial score (nSPS) is 17.2. The number of rotatable bonds is 3. The van der Waals surface area contributed by atoms with Crippen LogP contribution in [-0.4, -0.2) is 16.5 Å². The van der Waals surface area contributed by atoms with Crippen molar-refractivity contribution in [2.45, 2.75) is 19.2 Å². The molecule has 0 bridgehead atoms. The molecule has 4 nitrogen and oxygen atoms in total. The van der Waals surface area contributed by atoms with Gasteiger partial charge in [0.2, 0.25) is 0 Å². The fourth-order valence-electron chi connectivity index (χ4n) is 3.16. The highest BCUT2D eigenvalue weighted by molar-refractivity contribution is 8.16. The van der Waals surface area contributed by atoms with Gasteiger partial charge in [-0.05, 0) is 54.3 Å². The maximum absolute atomic E-state index is 13.0. The third-order valence-electron chi connectivity index (χ3n) is 4.53. The second-order valence-corrected chi connectivity index (χ2v) is 7.45. The van der Waals surface area contributed by atoms with Crippen molar-refractivity contribution in [2.24, 2.45) is 0 Å². The zero-order chi connectivity index (χ0) is 18.3. The number of imide groups is 1. The molecule has 26 heavy (non-hydrogen) atoms. The van der Waals surface area contributed by atoms with Crippen LogP contribution in [0.1, 0.15) is 11.1 Å². The van der Waals surface area contributed by atoms with E-state index in [2.05, 4.69) is 5.32 Å². The monoisotopic (exact) mass is 362 g/mol. The first-order valence-electron chi connectivity index (χ1n) is 8.41. The fraction of sp³-hybridized carbons (Fsp3) is 0.143. The van der Waals surface area contributed by atoms with Gasteiger partial charge in [0.15, 0.2) is 5.37 Å². The Balaban J connectivity index is 1.68. The minimum Gasteiger partial charge on any atom is -0.365 e. The van der Waals surface area contributed by atoms with Crippen molar-refractivity contribution in [2.75, 3.05) is 10.2 Å². The van der Waals surface area contributed by atoms with Crippen LogP contribution >= 0.6 is 11.8 Å². The van der Waals surface area contributed by atoms with Crippen molar-refractivity contribution < 1.29 is 9.59 Å². The molecular weight excluding hydrogens is 344 g/mol. The molecule has 5 heteroatoms. The standard InChI is InChI=1S/C21H18N2O2S/c1-13-10-11-14(2)17(12-13)22-19-20(24)23(21(25)26-19)18-9-5-7-15-6-3-4-8-16(15)18/h3-12,19,22H,1-2H3. The number of aryl methyl sites for hydroxylation is 2. The van der Waals surface area contributed by atoms with Crippen LogP contribution in [0.3, 0.4) is 0 Å². The van der Waals surface area contributed by atoms with E-state index in [1.807, 2.05) is 74.5 Å². The summed E-state index contributed by atoms with van der Waals surface area (Å²) >= 11 is 1.02. The summed E-state index contributed by atoms with van der Waals surface area (Å²) in [5.74, 6) is -0.239. The van der Waals surface area contributed by atoms with Gasteiger partial charge in [0.25, 0.3) is 11.1 Å². The van der Waals surface area contributed by atoms with E-state index < -0.39 is 5.37 Å².